The molecule has 0 aliphatic carbocycles. The molecule has 3 N–H and O–H groups in total. The van der Waals surface area contributed by atoms with E-state index in [0.29, 0.717) is 17.4 Å². The van der Waals surface area contributed by atoms with Gasteiger partial charge in [0, 0.05) is 6.42 Å². The van der Waals surface area contributed by atoms with Crippen molar-refractivity contribution in [3.05, 3.63) is 72.9 Å². The highest BCUT2D eigenvalue weighted by molar-refractivity contribution is 7.47. The lowest BCUT2D eigenvalue weighted by Gasteiger charge is -2.25. The highest BCUT2D eigenvalue weighted by Gasteiger charge is 2.27. The van der Waals surface area contributed by atoms with Gasteiger partial charge in [-0.3, -0.25) is 13.8 Å². The molecule has 0 aromatic carbocycles. The number of hydrogen-bond acceptors (Lipinski definition) is 5. The van der Waals surface area contributed by atoms with Gasteiger partial charge in [-0.05, 0) is 77.0 Å². The fourth-order valence-corrected chi connectivity index (χ4v) is 7.82. The minimum atomic E-state index is -4.35. The molecule has 0 radical (unpaired) electrons. The Kier molecular flexibility index (Phi) is 43.6. The number of likely N-dealkylation sites (N-methyl/N-ethyl adjacent to an activating group) is 1. The zero-order valence-electron chi connectivity index (χ0n) is 41.5. The maximum Gasteiger partial charge on any atom is 0.472 e. The van der Waals surface area contributed by atoms with E-state index in [9.17, 15) is 19.4 Å². The van der Waals surface area contributed by atoms with E-state index in [-0.39, 0.29) is 19.1 Å². The number of allylic oxidation sites excluding steroid dienone is 11. The summed E-state index contributed by atoms with van der Waals surface area (Å²) in [5.41, 5.74) is 0. The maximum atomic E-state index is 12.9. The van der Waals surface area contributed by atoms with E-state index in [4.69, 9.17) is 9.05 Å². The molecule has 3 unspecified atom stereocenters. The molecule has 1 amide bonds. The van der Waals surface area contributed by atoms with E-state index in [2.05, 4.69) is 79.9 Å². The zero-order chi connectivity index (χ0) is 46.4. The molecule has 63 heavy (non-hydrogen) atoms. The van der Waals surface area contributed by atoms with Crippen LogP contribution >= 0.6 is 7.82 Å². The van der Waals surface area contributed by atoms with Crippen LogP contribution in [0.25, 0.3) is 0 Å². The van der Waals surface area contributed by atoms with Gasteiger partial charge in [0.15, 0.2) is 0 Å². The number of phosphoric ester groups is 1. The number of carbonyl (C=O) groups is 1. The lowest BCUT2D eigenvalue weighted by molar-refractivity contribution is -0.870. The average molecular weight is 904 g/mol. The number of quaternary nitrogens is 1. The molecule has 8 nitrogen and oxygen atoms in total. The van der Waals surface area contributed by atoms with Crippen LogP contribution in [0.15, 0.2) is 72.9 Å². The summed E-state index contributed by atoms with van der Waals surface area (Å²) < 4.78 is 23.5. The summed E-state index contributed by atoms with van der Waals surface area (Å²) >= 11 is 0. The first kappa shape index (κ1) is 60.9. The Hall–Kier alpha value is -2.06. The third-order valence-corrected chi connectivity index (χ3v) is 12.1. The molecule has 0 aliphatic heterocycles. The highest BCUT2D eigenvalue weighted by Crippen LogP contribution is 2.43. The molecule has 0 fully saturated rings. The van der Waals surface area contributed by atoms with E-state index in [1.807, 2.05) is 27.2 Å². The predicted molar refractivity (Wildman–Crippen MR) is 272 cm³/mol. The van der Waals surface area contributed by atoms with Gasteiger partial charge in [-0.1, -0.05) is 202 Å². The van der Waals surface area contributed by atoms with Crippen molar-refractivity contribution in [2.75, 3.05) is 40.9 Å². The second-order valence-corrected chi connectivity index (χ2v) is 19.9. The minimum absolute atomic E-state index is 0.0511. The first-order chi connectivity index (χ1) is 30.5. The molecule has 3 atom stereocenters. The first-order valence-corrected chi connectivity index (χ1v) is 27.3. The van der Waals surface area contributed by atoms with Crippen molar-refractivity contribution < 1.29 is 32.9 Å². The third kappa shape index (κ3) is 47.7. The van der Waals surface area contributed by atoms with Crippen LogP contribution in [0.4, 0.5) is 0 Å². The third-order valence-electron chi connectivity index (χ3n) is 11.1. The summed E-state index contributed by atoms with van der Waals surface area (Å²) in [7, 11) is 1.54. The molecule has 0 aliphatic rings. The Bertz CT molecular complexity index is 1250. The molecule has 0 heterocycles. The second kappa shape index (κ2) is 45.1. The van der Waals surface area contributed by atoms with Crippen molar-refractivity contribution >= 4 is 13.7 Å². The number of nitrogens with zero attached hydrogens (tertiary/aromatic N) is 1. The van der Waals surface area contributed by atoms with Crippen LogP contribution in [-0.2, 0) is 18.4 Å². The number of unbranched alkanes of at least 4 members (excludes halogenated alkanes) is 23. The van der Waals surface area contributed by atoms with Gasteiger partial charge in [-0.25, -0.2) is 4.57 Å². The van der Waals surface area contributed by atoms with Crippen LogP contribution in [0.3, 0.4) is 0 Å². The Balaban J connectivity index is 4.06. The van der Waals surface area contributed by atoms with Gasteiger partial charge in [0.1, 0.15) is 13.2 Å². The predicted octanol–water partition coefficient (Wildman–Crippen LogP) is 15.1. The van der Waals surface area contributed by atoms with Crippen molar-refractivity contribution in [2.24, 2.45) is 0 Å². The number of amides is 1. The topological polar surface area (TPSA) is 105 Å². The van der Waals surface area contributed by atoms with Gasteiger partial charge in [-0.2, -0.15) is 0 Å². The number of hydrogen-bond donors (Lipinski definition) is 3. The largest absolute Gasteiger partial charge is 0.472 e. The summed E-state index contributed by atoms with van der Waals surface area (Å²) in [5, 5.41) is 13.8. The van der Waals surface area contributed by atoms with Crippen molar-refractivity contribution in [1.82, 2.24) is 5.32 Å². The van der Waals surface area contributed by atoms with E-state index in [0.717, 1.165) is 64.2 Å². The molecule has 0 aromatic heterocycles. The molecule has 0 saturated heterocycles. The molecule has 366 valence electrons. The number of carbonyl (C=O) groups excluding carboxylic acids is 1. The minimum Gasteiger partial charge on any atom is -0.387 e. The molecular formula is C54H100N2O6P+. The second-order valence-electron chi connectivity index (χ2n) is 18.5. The normalized spacial score (nSPS) is 14.7. The van der Waals surface area contributed by atoms with Crippen LogP contribution in [-0.4, -0.2) is 73.4 Å². The summed E-state index contributed by atoms with van der Waals surface area (Å²) in [5.74, 6) is -0.195. The van der Waals surface area contributed by atoms with Crippen molar-refractivity contribution in [3.8, 4) is 0 Å². The van der Waals surface area contributed by atoms with Gasteiger partial charge in [0.25, 0.3) is 0 Å². The number of aliphatic hydroxyl groups excluding tert-OH is 1. The van der Waals surface area contributed by atoms with Gasteiger partial charge in [-0.15, -0.1) is 0 Å². The summed E-state index contributed by atoms with van der Waals surface area (Å²) in [6, 6.07) is -0.870. The lowest BCUT2D eigenvalue weighted by Crippen LogP contribution is -2.45. The standard InChI is InChI=1S/C54H99N2O6P/c1-6-8-10-12-14-16-18-19-20-21-22-23-24-25-26-27-28-29-30-31-32-33-34-35-36-37-38-40-42-44-46-48-54(58)55-52(51-62-63(59,60)61-50-49-56(3,4)5)53(57)47-45-43-41-39-17-15-13-11-9-7-2/h9,11,17-19,21-22,24-25,39,45,47,52-53,57H,6-8,10,12-16,20,23,26-38,40-44,46,48-51H2,1-5H3,(H-,55,58,59,60)/p+1/b11-9+,19-18-,22-21-,25-24-,39-17+,47-45+. The van der Waals surface area contributed by atoms with E-state index >= 15 is 0 Å². The summed E-state index contributed by atoms with van der Waals surface area (Å²) in [6.07, 6.45) is 61.6. The number of nitrogens with one attached hydrogen (secondary N) is 1. The molecule has 9 heteroatoms. The van der Waals surface area contributed by atoms with Gasteiger partial charge in [0.05, 0.1) is 39.9 Å². The zero-order valence-corrected chi connectivity index (χ0v) is 42.4. The smallest absolute Gasteiger partial charge is 0.387 e. The molecule has 0 rings (SSSR count). The van der Waals surface area contributed by atoms with Gasteiger partial charge in [0.2, 0.25) is 5.91 Å². The quantitative estimate of drug-likeness (QED) is 0.0243. The van der Waals surface area contributed by atoms with Crippen LogP contribution < -0.4 is 5.32 Å². The number of aliphatic hydroxyl groups is 1. The average Bonchev–Trinajstić information content (AvgIpc) is 3.24. The number of rotatable bonds is 46. The van der Waals surface area contributed by atoms with E-state index in [1.54, 1.807) is 6.08 Å². The van der Waals surface area contributed by atoms with Crippen LogP contribution in [0, 0.1) is 0 Å². The molecule has 0 bridgehead atoms. The molecule has 0 saturated carbocycles. The number of phosphoric acid groups is 1. The first-order valence-electron chi connectivity index (χ1n) is 25.8. The fourth-order valence-electron chi connectivity index (χ4n) is 7.09. The van der Waals surface area contributed by atoms with Crippen molar-refractivity contribution in [1.29, 1.82) is 0 Å². The van der Waals surface area contributed by atoms with Gasteiger partial charge >= 0.3 is 7.82 Å². The maximum absolute atomic E-state index is 12.9. The van der Waals surface area contributed by atoms with Crippen molar-refractivity contribution in [2.45, 2.75) is 225 Å². The van der Waals surface area contributed by atoms with E-state index < -0.39 is 20.0 Å². The Morgan fingerprint density at radius 3 is 1.44 bits per heavy atom. The molecular weight excluding hydrogens is 804 g/mol. The Morgan fingerprint density at radius 1 is 0.556 bits per heavy atom. The van der Waals surface area contributed by atoms with E-state index in [1.165, 1.54) is 128 Å². The van der Waals surface area contributed by atoms with Crippen LogP contribution in [0.5, 0.6) is 0 Å². The summed E-state index contributed by atoms with van der Waals surface area (Å²) in [6.45, 7) is 4.64. The van der Waals surface area contributed by atoms with Gasteiger partial charge < -0.3 is 19.8 Å². The van der Waals surface area contributed by atoms with Crippen LogP contribution in [0.1, 0.15) is 213 Å². The summed E-state index contributed by atoms with van der Waals surface area (Å²) in [4.78, 5) is 23.1. The molecule has 0 spiro atoms. The molecule has 0 aromatic rings. The van der Waals surface area contributed by atoms with Crippen LogP contribution in [0.2, 0.25) is 0 Å². The Labute approximate surface area is 389 Å². The SMILES string of the molecule is CC/C=C/CC/C=C/CC/C=C/C(O)C(COP(=O)(O)OCC[N+](C)(C)C)NC(=O)CCCCCCCCCCCCCCCCCC/C=C\C/C=C\C/C=C\CCCCCCC. The Morgan fingerprint density at radius 2 is 0.968 bits per heavy atom. The fraction of sp³-hybridized carbons (Fsp3) is 0.759. The highest BCUT2D eigenvalue weighted by atomic mass is 31.2. The lowest BCUT2D eigenvalue weighted by atomic mass is 10.0. The van der Waals surface area contributed by atoms with Crippen molar-refractivity contribution in [3.63, 3.8) is 0 Å². The monoisotopic (exact) mass is 904 g/mol.